The largest absolute Gasteiger partial charge is 0.496 e. The average molecular weight is 271 g/mol. The summed E-state index contributed by atoms with van der Waals surface area (Å²) in [4.78, 5) is 0. The van der Waals surface area contributed by atoms with Gasteiger partial charge < -0.3 is 9.47 Å². The molecule has 1 aliphatic heterocycles. The molecule has 0 bridgehead atoms. The molecule has 1 heterocycles. The molecule has 1 aromatic rings. The van der Waals surface area contributed by atoms with Gasteiger partial charge in [0.05, 0.1) is 18.6 Å². The highest BCUT2D eigenvalue weighted by atomic mass is 16.5. The molecule has 1 saturated carbocycles. The first-order valence-electron chi connectivity index (χ1n) is 7.27. The van der Waals surface area contributed by atoms with Crippen molar-refractivity contribution in [3.05, 3.63) is 29.3 Å². The summed E-state index contributed by atoms with van der Waals surface area (Å²) in [6.45, 7) is 3.72. The second kappa shape index (κ2) is 4.79. The Bertz CT molecular complexity index is 545. The van der Waals surface area contributed by atoms with Gasteiger partial charge in [0.25, 0.3) is 0 Å². The molecule has 0 amide bonds. The van der Waals surface area contributed by atoms with Crippen LogP contribution in [-0.4, -0.2) is 20.3 Å². The first-order valence-corrected chi connectivity index (χ1v) is 7.27. The van der Waals surface area contributed by atoms with E-state index < -0.39 is 0 Å². The van der Waals surface area contributed by atoms with E-state index in [0.29, 0.717) is 5.41 Å². The highest BCUT2D eigenvalue weighted by Gasteiger charge is 2.56. The number of nitriles is 1. The van der Waals surface area contributed by atoms with Crippen LogP contribution in [-0.2, 0) is 10.2 Å². The topological polar surface area (TPSA) is 42.2 Å². The molecule has 0 N–H and O–H groups in total. The number of methoxy groups -OCH3 is 1. The summed E-state index contributed by atoms with van der Waals surface area (Å²) in [7, 11) is 1.69. The maximum absolute atomic E-state index is 9.71. The van der Waals surface area contributed by atoms with Crippen LogP contribution in [0.2, 0.25) is 0 Å². The van der Waals surface area contributed by atoms with Crippen molar-refractivity contribution in [2.75, 3.05) is 20.3 Å². The molecule has 3 rings (SSSR count). The van der Waals surface area contributed by atoms with Crippen LogP contribution in [0.3, 0.4) is 0 Å². The van der Waals surface area contributed by atoms with Crippen molar-refractivity contribution >= 4 is 0 Å². The zero-order valence-corrected chi connectivity index (χ0v) is 12.2. The maximum atomic E-state index is 9.71. The van der Waals surface area contributed by atoms with Gasteiger partial charge in [-0.05, 0) is 55.2 Å². The standard InChI is InChI=1S/C17H21NO2/c1-13-3-4-14(9-15(13)19-2)17(12-18)10-16(11-17)5-7-20-8-6-16/h3-4,9H,5-8,10-11H2,1-2H3. The third kappa shape index (κ3) is 1.99. The Morgan fingerprint density at radius 1 is 1.25 bits per heavy atom. The molecule has 20 heavy (non-hydrogen) atoms. The highest BCUT2D eigenvalue weighted by molar-refractivity contribution is 5.45. The van der Waals surface area contributed by atoms with Gasteiger partial charge >= 0.3 is 0 Å². The van der Waals surface area contributed by atoms with Gasteiger partial charge in [0.1, 0.15) is 5.75 Å². The lowest BCUT2D eigenvalue weighted by Gasteiger charge is -2.55. The van der Waals surface area contributed by atoms with Crippen LogP contribution in [0.1, 0.15) is 36.8 Å². The fraction of sp³-hybridized carbons (Fsp3) is 0.588. The van der Waals surface area contributed by atoms with Gasteiger partial charge in [0.2, 0.25) is 0 Å². The lowest BCUT2D eigenvalue weighted by atomic mass is 9.48. The van der Waals surface area contributed by atoms with Gasteiger partial charge in [0.15, 0.2) is 0 Å². The number of hydrogen-bond donors (Lipinski definition) is 0. The van der Waals surface area contributed by atoms with E-state index in [9.17, 15) is 5.26 Å². The van der Waals surface area contributed by atoms with Gasteiger partial charge in [-0.25, -0.2) is 0 Å². The summed E-state index contributed by atoms with van der Waals surface area (Å²) in [6, 6.07) is 8.77. The molecular weight excluding hydrogens is 250 g/mol. The lowest BCUT2D eigenvalue weighted by molar-refractivity contribution is -0.0578. The number of benzene rings is 1. The molecule has 0 unspecified atom stereocenters. The summed E-state index contributed by atoms with van der Waals surface area (Å²) in [6.07, 6.45) is 4.12. The molecule has 2 aliphatic rings. The Labute approximate surface area is 120 Å². The van der Waals surface area contributed by atoms with Gasteiger partial charge in [-0.2, -0.15) is 5.26 Å². The fourth-order valence-electron chi connectivity index (χ4n) is 3.85. The molecule has 2 fully saturated rings. The van der Waals surface area contributed by atoms with Crippen molar-refractivity contribution < 1.29 is 9.47 Å². The SMILES string of the molecule is COc1cc(C2(C#N)CC3(CCOCC3)C2)ccc1C. The van der Waals surface area contributed by atoms with Crippen LogP contribution >= 0.6 is 0 Å². The highest BCUT2D eigenvalue weighted by Crippen LogP contribution is 2.60. The second-order valence-corrected chi connectivity index (χ2v) is 6.34. The van der Waals surface area contributed by atoms with Crippen LogP contribution in [0.5, 0.6) is 5.75 Å². The number of nitrogens with zero attached hydrogens (tertiary/aromatic N) is 1. The van der Waals surface area contributed by atoms with Crippen molar-refractivity contribution in [3.8, 4) is 11.8 Å². The van der Waals surface area contributed by atoms with Crippen LogP contribution < -0.4 is 4.74 Å². The van der Waals surface area contributed by atoms with E-state index in [4.69, 9.17) is 9.47 Å². The van der Waals surface area contributed by atoms with Gasteiger partial charge in [-0.1, -0.05) is 12.1 Å². The number of ether oxygens (including phenoxy) is 2. The molecule has 1 aromatic carbocycles. The normalized spacial score (nSPS) is 22.9. The zero-order chi connectivity index (χ0) is 14.2. The van der Waals surface area contributed by atoms with E-state index >= 15 is 0 Å². The van der Waals surface area contributed by atoms with E-state index in [1.807, 2.05) is 13.0 Å². The second-order valence-electron chi connectivity index (χ2n) is 6.34. The van der Waals surface area contributed by atoms with Crippen LogP contribution in [0.15, 0.2) is 18.2 Å². The van der Waals surface area contributed by atoms with Crippen molar-refractivity contribution in [2.24, 2.45) is 5.41 Å². The van der Waals surface area contributed by atoms with E-state index in [-0.39, 0.29) is 5.41 Å². The summed E-state index contributed by atoms with van der Waals surface area (Å²) < 4.78 is 10.9. The van der Waals surface area contributed by atoms with Crippen LogP contribution in [0.4, 0.5) is 0 Å². The smallest absolute Gasteiger partial charge is 0.122 e. The van der Waals surface area contributed by atoms with Gasteiger partial charge in [-0.3, -0.25) is 0 Å². The molecule has 0 atom stereocenters. The quantitative estimate of drug-likeness (QED) is 0.828. The minimum Gasteiger partial charge on any atom is -0.496 e. The summed E-state index contributed by atoms with van der Waals surface area (Å²) >= 11 is 0. The van der Waals surface area contributed by atoms with Crippen molar-refractivity contribution in [1.82, 2.24) is 0 Å². The zero-order valence-electron chi connectivity index (χ0n) is 12.2. The Morgan fingerprint density at radius 3 is 2.55 bits per heavy atom. The maximum Gasteiger partial charge on any atom is 0.122 e. The number of aryl methyl sites for hydroxylation is 1. The van der Waals surface area contributed by atoms with Crippen LogP contribution in [0, 0.1) is 23.7 Å². The monoisotopic (exact) mass is 271 g/mol. The summed E-state index contributed by atoms with van der Waals surface area (Å²) in [5, 5.41) is 9.71. The minimum atomic E-state index is -0.321. The Kier molecular flexibility index (Phi) is 3.22. The first kappa shape index (κ1) is 13.5. The first-order chi connectivity index (χ1) is 9.63. The predicted molar refractivity (Wildman–Crippen MR) is 76.7 cm³/mol. The molecule has 0 radical (unpaired) electrons. The number of rotatable bonds is 2. The van der Waals surface area contributed by atoms with Crippen molar-refractivity contribution in [2.45, 2.75) is 38.0 Å². The third-order valence-electron chi connectivity index (χ3n) is 5.08. The third-order valence-corrected chi connectivity index (χ3v) is 5.08. The molecule has 0 aromatic heterocycles. The van der Waals surface area contributed by atoms with Crippen LogP contribution in [0.25, 0.3) is 0 Å². The Hall–Kier alpha value is -1.53. The van der Waals surface area contributed by atoms with Crippen molar-refractivity contribution in [1.29, 1.82) is 5.26 Å². The van der Waals surface area contributed by atoms with Gasteiger partial charge in [0, 0.05) is 13.2 Å². The minimum absolute atomic E-state index is 0.321. The van der Waals surface area contributed by atoms with Gasteiger partial charge in [-0.15, -0.1) is 0 Å². The molecule has 106 valence electrons. The molecule has 1 aliphatic carbocycles. The average Bonchev–Trinajstić information content (AvgIpc) is 2.46. The molecule has 1 spiro atoms. The summed E-state index contributed by atoms with van der Waals surface area (Å²) in [5.74, 6) is 0.880. The molecule has 1 saturated heterocycles. The molecular formula is C17H21NO2. The summed E-state index contributed by atoms with van der Waals surface area (Å²) in [5.41, 5.74) is 2.24. The fourth-order valence-corrected chi connectivity index (χ4v) is 3.85. The van der Waals surface area contributed by atoms with E-state index in [0.717, 1.165) is 55.8 Å². The Morgan fingerprint density at radius 2 is 1.95 bits per heavy atom. The predicted octanol–water partition coefficient (Wildman–Crippen LogP) is 3.36. The number of hydrogen-bond acceptors (Lipinski definition) is 3. The van der Waals surface area contributed by atoms with E-state index in [2.05, 4.69) is 18.2 Å². The van der Waals surface area contributed by atoms with E-state index in [1.165, 1.54) is 0 Å². The molecule has 3 nitrogen and oxygen atoms in total. The molecule has 3 heteroatoms. The Balaban J connectivity index is 1.87. The van der Waals surface area contributed by atoms with E-state index in [1.54, 1.807) is 7.11 Å². The van der Waals surface area contributed by atoms with Crippen molar-refractivity contribution in [3.63, 3.8) is 0 Å². The lowest BCUT2D eigenvalue weighted by Crippen LogP contribution is -2.51.